The summed E-state index contributed by atoms with van der Waals surface area (Å²) in [5.74, 6) is 2.68. The topological polar surface area (TPSA) is 96.7 Å². The van der Waals surface area contributed by atoms with Gasteiger partial charge >= 0.3 is 0 Å². The SMILES string of the molecule is Cc1cc(NC(=O)C(C)Sc2n[nH]c(CCC3CCCC3)n2)no1. The van der Waals surface area contributed by atoms with Crippen LogP contribution in [0.3, 0.4) is 0 Å². The molecule has 0 spiro atoms. The van der Waals surface area contributed by atoms with Crippen LogP contribution >= 0.6 is 11.8 Å². The predicted octanol–water partition coefficient (Wildman–Crippen LogP) is 3.34. The fraction of sp³-hybridized carbons (Fsp3) is 0.625. The van der Waals surface area contributed by atoms with Gasteiger partial charge in [-0.05, 0) is 26.2 Å². The molecule has 1 saturated carbocycles. The Kier molecular flexibility index (Phi) is 5.55. The lowest BCUT2D eigenvalue weighted by molar-refractivity contribution is -0.115. The highest BCUT2D eigenvalue weighted by Crippen LogP contribution is 2.28. The van der Waals surface area contributed by atoms with Crippen LogP contribution in [0.5, 0.6) is 0 Å². The molecule has 2 aromatic rings. The van der Waals surface area contributed by atoms with Crippen LogP contribution in [-0.2, 0) is 11.2 Å². The van der Waals surface area contributed by atoms with Gasteiger partial charge in [-0.3, -0.25) is 9.89 Å². The van der Waals surface area contributed by atoms with E-state index in [0.717, 1.165) is 18.2 Å². The average molecular weight is 349 g/mol. The Morgan fingerprint density at radius 2 is 2.29 bits per heavy atom. The molecular formula is C16H23N5O2S. The van der Waals surface area contributed by atoms with Gasteiger partial charge in [0.2, 0.25) is 11.1 Å². The lowest BCUT2D eigenvalue weighted by Crippen LogP contribution is -2.22. The molecule has 1 fully saturated rings. The maximum absolute atomic E-state index is 12.2. The molecule has 7 nitrogen and oxygen atoms in total. The number of carbonyl (C=O) groups is 1. The van der Waals surface area contributed by atoms with Crippen molar-refractivity contribution in [1.82, 2.24) is 20.3 Å². The zero-order chi connectivity index (χ0) is 16.9. The molecule has 0 saturated heterocycles. The van der Waals surface area contributed by atoms with Gasteiger partial charge in [0.05, 0.1) is 5.25 Å². The summed E-state index contributed by atoms with van der Waals surface area (Å²) in [6.45, 7) is 3.60. The number of anilines is 1. The van der Waals surface area contributed by atoms with Crippen LogP contribution in [0.25, 0.3) is 0 Å². The number of rotatable bonds is 7. The second-order valence-corrected chi connectivity index (χ2v) is 7.63. The molecule has 1 atom stereocenters. The Morgan fingerprint density at radius 1 is 1.50 bits per heavy atom. The molecule has 0 aliphatic heterocycles. The number of aryl methyl sites for hydroxylation is 2. The molecule has 0 bridgehead atoms. The molecule has 1 aliphatic rings. The molecule has 2 heterocycles. The van der Waals surface area contributed by atoms with E-state index >= 15 is 0 Å². The zero-order valence-electron chi connectivity index (χ0n) is 14.0. The largest absolute Gasteiger partial charge is 0.360 e. The third-order valence-electron chi connectivity index (χ3n) is 4.31. The summed E-state index contributed by atoms with van der Waals surface area (Å²) in [6.07, 6.45) is 7.50. The van der Waals surface area contributed by atoms with Gasteiger partial charge in [-0.15, -0.1) is 5.10 Å². The van der Waals surface area contributed by atoms with Crippen molar-refractivity contribution >= 4 is 23.5 Å². The lowest BCUT2D eigenvalue weighted by Gasteiger charge is -2.07. The summed E-state index contributed by atoms with van der Waals surface area (Å²) in [5.41, 5.74) is 0. The summed E-state index contributed by atoms with van der Waals surface area (Å²) in [5, 5.41) is 14.0. The second kappa shape index (κ2) is 7.83. The zero-order valence-corrected chi connectivity index (χ0v) is 14.9. The van der Waals surface area contributed by atoms with Crippen LogP contribution in [0.4, 0.5) is 5.82 Å². The molecule has 2 aromatic heterocycles. The fourth-order valence-corrected chi connectivity index (χ4v) is 3.69. The monoisotopic (exact) mass is 349 g/mol. The van der Waals surface area contributed by atoms with Crippen molar-refractivity contribution in [2.45, 2.75) is 62.8 Å². The second-order valence-electron chi connectivity index (χ2n) is 6.33. The van der Waals surface area contributed by atoms with E-state index in [1.807, 2.05) is 6.92 Å². The van der Waals surface area contributed by atoms with Gasteiger partial charge in [-0.25, -0.2) is 4.98 Å². The maximum Gasteiger partial charge on any atom is 0.238 e. The fourth-order valence-electron chi connectivity index (χ4n) is 2.95. The van der Waals surface area contributed by atoms with Crippen molar-refractivity contribution in [3.8, 4) is 0 Å². The predicted molar refractivity (Wildman–Crippen MR) is 91.9 cm³/mol. The molecule has 1 amide bonds. The van der Waals surface area contributed by atoms with Crippen LogP contribution in [0.15, 0.2) is 15.7 Å². The first-order chi connectivity index (χ1) is 11.6. The van der Waals surface area contributed by atoms with Gasteiger partial charge < -0.3 is 9.84 Å². The highest BCUT2D eigenvalue weighted by molar-refractivity contribution is 8.00. The number of hydrogen-bond acceptors (Lipinski definition) is 6. The maximum atomic E-state index is 12.2. The van der Waals surface area contributed by atoms with E-state index < -0.39 is 0 Å². The van der Waals surface area contributed by atoms with Crippen LogP contribution < -0.4 is 5.32 Å². The standard InChI is InChI=1S/C16H23N5O2S/c1-10-9-14(21-23-10)17-15(22)11(2)24-16-18-13(19-20-16)8-7-12-5-3-4-6-12/h9,11-12H,3-8H2,1-2H3,(H,17,21,22)(H,18,19,20). The van der Waals surface area contributed by atoms with E-state index in [4.69, 9.17) is 4.52 Å². The van der Waals surface area contributed by atoms with Crippen molar-refractivity contribution in [3.05, 3.63) is 17.7 Å². The van der Waals surface area contributed by atoms with E-state index in [1.165, 1.54) is 43.9 Å². The Hall–Kier alpha value is -1.83. The van der Waals surface area contributed by atoms with E-state index in [0.29, 0.717) is 16.7 Å². The van der Waals surface area contributed by atoms with E-state index in [1.54, 1.807) is 13.0 Å². The number of nitrogens with one attached hydrogen (secondary N) is 2. The Bertz CT molecular complexity index is 678. The Balaban J connectivity index is 1.47. The number of aromatic amines is 1. The van der Waals surface area contributed by atoms with Gasteiger partial charge in [-0.2, -0.15) is 0 Å². The number of nitrogens with zero attached hydrogens (tertiary/aromatic N) is 3. The molecule has 0 radical (unpaired) electrons. The van der Waals surface area contributed by atoms with Crippen molar-refractivity contribution in [3.63, 3.8) is 0 Å². The minimum atomic E-state index is -0.319. The molecule has 2 N–H and O–H groups in total. The minimum absolute atomic E-state index is 0.148. The van der Waals surface area contributed by atoms with Crippen molar-refractivity contribution < 1.29 is 9.32 Å². The normalized spacial score (nSPS) is 16.4. The molecule has 3 rings (SSSR count). The number of amides is 1. The first-order valence-corrected chi connectivity index (χ1v) is 9.30. The first-order valence-electron chi connectivity index (χ1n) is 8.42. The Morgan fingerprint density at radius 3 is 3.00 bits per heavy atom. The van der Waals surface area contributed by atoms with Crippen LogP contribution in [0.2, 0.25) is 0 Å². The third kappa shape index (κ3) is 4.59. The van der Waals surface area contributed by atoms with Crippen LogP contribution in [-0.4, -0.2) is 31.5 Å². The summed E-state index contributed by atoms with van der Waals surface area (Å²) < 4.78 is 4.93. The van der Waals surface area contributed by atoms with E-state index in [2.05, 4.69) is 25.7 Å². The number of carbonyl (C=O) groups excluding carboxylic acids is 1. The first kappa shape index (κ1) is 17.0. The quantitative estimate of drug-likeness (QED) is 0.744. The molecule has 0 aromatic carbocycles. The molecule has 8 heteroatoms. The number of aromatic nitrogens is 4. The summed E-state index contributed by atoms with van der Waals surface area (Å²) in [4.78, 5) is 16.6. The average Bonchev–Trinajstić information content (AvgIpc) is 3.28. The molecular weight excluding hydrogens is 326 g/mol. The molecule has 1 unspecified atom stereocenters. The highest BCUT2D eigenvalue weighted by atomic mass is 32.2. The third-order valence-corrected chi connectivity index (χ3v) is 5.27. The van der Waals surface area contributed by atoms with Gasteiger partial charge in [-0.1, -0.05) is 42.6 Å². The molecule has 1 aliphatic carbocycles. The van der Waals surface area contributed by atoms with Crippen molar-refractivity contribution in [2.75, 3.05) is 5.32 Å². The van der Waals surface area contributed by atoms with Gasteiger partial charge in [0.25, 0.3) is 0 Å². The smallest absolute Gasteiger partial charge is 0.238 e. The van der Waals surface area contributed by atoms with Crippen LogP contribution in [0.1, 0.15) is 50.6 Å². The van der Waals surface area contributed by atoms with E-state index in [-0.39, 0.29) is 11.2 Å². The number of hydrogen-bond donors (Lipinski definition) is 2. The molecule has 130 valence electrons. The molecule has 24 heavy (non-hydrogen) atoms. The highest BCUT2D eigenvalue weighted by Gasteiger charge is 2.19. The number of H-pyrrole nitrogens is 1. The number of thioether (sulfide) groups is 1. The summed E-state index contributed by atoms with van der Waals surface area (Å²) >= 11 is 1.33. The Labute approximate surface area is 145 Å². The lowest BCUT2D eigenvalue weighted by atomic mass is 10.0. The minimum Gasteiger partial charge on any atom is -0.360 e. The van der Waals surface area contributed by atoms with Gasteiger partial charge in [0.1, 0.15) is 11.6 Å². The van der Waals surface area contributed by atoms with Gasteiger partial charge in [0.15, 0.2) is 5.82 Å². The summed E-state index contributed by atoms with van der Waals surface area (Å²) in [7, 11) is 0. The van der Waals surface area contributed by atoms with E-state index in [9.17, 15) is 4.79 Å². The van der Waals surface area contributed by atoms with Gasteiger partial charge in [0, 0.05) is 12.5 Å². The van der Waals surface area contributed by atoms with Crippen molar-refractivity contribution in [2.24, 2.45) is 5.92 Å². The van der Waals surface area contributed by atoms with Crippen LogP contribution in [0, 0.1) is 12.8 Å². The summed E-state index contributed by atoms with van der Waals surface area (Å²) in [6, 6.07) is 1.68. The van der Waals surface area contributed by atoms with Crippen molar-refractivity contribution in [1.29, 1.82) is 0 Å².